The SMILES string of the molecule is CCC1CCN(C2CC(N)C2)CC1. The fourth-order valence-corrected chi connectivity index (χ4v) is 2.65. The highest BCUT2D eigenvalue weighted by molar-refractivity contribution is 4.91. The molecule has 0 amide bonds. The van der Waals surface area contributed by atoms with Crippen molar-refractivity contribution >= 4 is 0 Å². The van der Waals surface area contributed by atoms with E-state index in [9.17, 15) is 0 Å². The summed E-state index contributed by atoms with van der Waals surface area (Å²) in [5.41, 5.74) is 5.80. The molecule has 2 rings (SSSR count). The van der Waals surface area contributed by atoms with Crippen LogP contribution in [0.15, 0.2) is 0 Å². The molecule has 1 heterocycles. The maximum atomic E-state index is 5.80. The lowest BCUT2D eigenvalue weighted by molar-refractivity contribution is 0.0721. The van der Waals surface area contributed by atoms with Crippen molar-refractivity contribution in [1.29, 1.82) is 0 Å². The topological polar surface area (TPSA) is 29.3 Å². The van der Waals surface area contributed by atoms with Gasteiger partial charge in [0.25, 0.3) is 0 Å². The summed E-state index contributed by atoms with van der Waals surface area (Å²) in [6.07, 6.45) is 6.70. The molecule has 0 aromatic carbocycles. The Bertz CT molecular complexity index is 155. The van der Waals surface area contributed by atoms with Crippen LogP contribution in [0, 0.1) is 5.92 Å². The summed E-state index contributed by atoms with van der Waals surface area (Å²) in [6.45, 7) is 4.98. The van der Waals surface area contributed by atoms with Crippen molar-refractivity contribution in [1.82, 2.24) is 4.90 Å². The molecule has 1 aliphatic heterocycles. The van der Waals surface area contributed by atoms with Crippen molar-refractivity contribution in [2.75, 3.05) is 13.1 Å². The fourth-order valence-electron chi connectivity index (χ4n) is 2.65. The van der Waals surface area contributed by atoms with E-state index >= 15 is 0 Å². The van der Waals surface area contributed by atoms with E-state index in [4.69, 9.17) is 5.73 Å². The van der Waals surface area contributed by atoms with Gasteiger partial charge in [0.15, 0.2) is 0 Å². The Balaban J connectivity index is 1.72. The van der Waals surface area contributed by atoms with Gasteiger partial charge in [0.2, 0.25) is 0 Å². The molecule has 0 aromatic heterocycles. The first-order valence-electron chi connectivity index (χ1n) is 5.79. The monoisotopic (exact) mass is 182 g/mol. The summed E-state index contributed by atoms with van der Waals surface area (Å²) in [5.74, 6) is 1.00. The van der Waals surface area contributed by atoms with Gasteiger partial charge in [-0.2, -0.15) is 0 Å². The largest absolute Gasteiger partial charge is 0.328 e. The summed E-state index contributed by atoms with van der Waals surface area (Å²) in [7, 11) is 0. The highest BCUT2D eigenvalue weighted by Crippen LogP contribution is 2.29. The quantitative estimate of drug-likeness (QED) is 0.703. The Hall–Kier alpha value is -0.0800. The van der Waals surface area contributed by atoms with Crippen molar-refractivity contribution < 1.29 is 0 Å². The van der Waals surface area contributed by atoms with Crippen LogP contribution < -0.4 is 5.73 Å². The summed E-state index contributed by atoms with van der Waals surface area (Å²) in [6, 6.07) is 1.35. The first-order chi connectivity index (χ1) is 6.29. The van der Waals surface area contributed by atoms with Crippen molar-refractivity contribution in [3.8, 4) is 0 Å². The Morgan fingerprint density at radius 2 is 1.85 bits per heavy atom. The fraction of sp³-hybridized carbons (Fsp3) is 1.00. The standard InChI is InChI=1S/C11H22N2/c1-2-9-3-5-13(6-4-9)11-7-10(12)8-11/h9-11H,2-8,12H2,1H3. The molecule has 0 bridgehead atoms. The van der Waals surface area contributed by atoms with Crippen LogP contribution in [0.5, 0.6) is 0 Å². The van der Waals surface area contributed by atoms with E-state index in [2.05, 4.69) is 11.8 Å². The van der Waals surface area contributed by atoms with Crippen molar-refractivity contribution in [3.63, 3.8) is 0 Å². The summed E-state index contributed by atoms with van der Waals surface area (Å²) in [5, 5.41) is 0. The van der Waals surface area contributed by atoms with Crippen LogP contribution in [-0.2, 0) is 0 Å². The highest BCUT2D eigenvalue weighted by atomic mass is 15.2. The first-order valence-corrected chi connectivity index (χ1v) is 5.79. The zero-order valence-corrected chi connectivity index (χ0v) is 8.71. The normalized spacial score (nSPS) is 37.4. The number of rotatable bonds is 2. The molecule has 2 N–H and O–H groups in total. The molecule has 2 nitrogen and oxygen atoms in total. The van der Waals surface area contributed by atoms with E-state index in [-0.39, 0.29) is 0 Å². The van der Waals surface area contributed by atoms with Crippen molar-refractivity contribution in [2.24, 2.45) is 11.7 Å². The van der Waals surface area contributed by atoms with Crippen LogP contribution in [0.2, 0.25) is 0 Å². The second kappa shape index (κ2) is 3.97. The van der Waals surface area contributed by atoms with E-state index in [1.54, 1.807) is 0 Å². The molecule has 0 aromatic rings. The number of nitrogens with two attached hydrogens (primary N) is 1. The molecule has 76 valence electrons. The van der Waals surface area contributed by atoms with E-state index in [0.717, 1.165) is 12.0 Å². The second-order valence-corrected chi connectivity index (χ2v) is 4.77. The Morgan fingerprint density at radius 3 is 2.31 bits per heavy atom. The lowest BCUT2D eigenvalue weighted by Gasteiger charge is -2.44. The molecule has 0 unspecified atom stereocenters. The van der Waals surface area contributed by atoms with Crippen LogP contribution in [-0.4, -0.2) is 30.1 Å². The molecule has 1 aliphatic carbocycles. The van der Waals surface area contributed by atoms with Gasteiger partial charge in [-0.25, -0.2) is 0 Å². The van der Waals surface area contributed by atoms with Gasteiger partial charge in [0.05, 0.1) is 0 Å². The molecule has 2 fully saturated rings. The minimum absolute atomic E-state index is 0.508. The predicted octanol–water partition coefficient (Wildman–Crippen LogP) is 1.60. The summed E-state index contributed by atoms with van der Waals surface area (Å²) >= 11 is 0. The van der Waals surface area contributed by atoms with Crippen LogP contribution in [0.1, 0.15) is 39.0 Å². The molecule has 2 heteroatoms. The Kier molecular flexibility index (Phi) is 2.89. The smallest absolute Gasteiger partial charge is 0.0125 e. The van der Waals surface area contributed by atoms with E-state index < -0.39 is 0 Å². The number of nitrogens with zero attached hydrogens (tertiary/aromatic N) is 1. The van der Waals surface area contributed by atoms with Crippen molar-refractivity contribution in [3.05, 3.63) is 0 Å². The zero-order valence-electron chi connectivity index (χ0n) is 8.71. The number of piperidine rings is 1. The highest BCUT2D eigenvalue weighted by Gasteiger charge is 2.32. The molecule has 0 spiro atoms. The van der Waals surface area contributed by atoms with Gasteiger partial charge in [-0.3, -0.25) is 0 Å². The average molecular weight is 182 g/mol. The third kappa shape index (κ3) is 2.05. The van der Waals surface area contributed by atoms with Gasteiger partial charge in [0, 0.05) is 12.1 Å². The summed E-state index contributed by atoms with van der Waals surface area (Å²) < 4.78 is 0. The second-order valence-electron chi connectivity index (χ2n) is 4.77. The van der Waals surface area contributed by atoms with Gasteiger partial charge < -0.3 is 10.6 Å². The average Bonchev–Trinajstić information content (AvgIpc) is 2.13. The lowest BCUT2D eigenvalue weighted by atomic mass is 9.84. The van der Waals surface area contributed by atoms with Crippen LogP contribution in [0.3, 0.4) is 0 Å². The lowest BCUT2D eigenvalue weighted by Crippen LogP contribution is -2.52. The molecule has 13 heavy (non-hydrogen) atoms. The number of likely N-dealkylation sites (tertiary alicyclic amines) is 1. The Labute approximate surface area is 81.5 Å². The molecule has 2 aliphatic rings. The van der Waals surface area contributed by atoms with Crippen LogP contribution in [0.4, 0.5) is 0 Å². The van der Waals surface area contributed by atoms with Crippen LogP contribution in [0.25, 0.3) is 0 Å². The molecular weight excluding hydrogens is 160 g/mol. The molecule has 1 saturated carbocycles. The first kappa shape index (κ1) is 9.47. The zero-order chi connectivity index (χ0) is 9.26. The van der Waals surface area contributed by atoms with E-state index in [1.807, 2.05) is 0 Å². The third-order valence-corrected chi connectivity index (χ3v) is 3.89. The van der Waals surface area contributed by atoms with E-state index in [1.165, 1.54) is 45.2 Å². The minimum Gasteiger partial charge on any atom is -0.328 e. The Morgan fingerprint density at radius 1 is 1.23 bits per heavy atom. The molecule has 1 saturated heterocycles. The van der Waals surface area contributed by atoms with Gasteiger partial charge in [-0.05, 0) is 44.7 Å². The van der Waals surface area contributed by atoms with Gasteiger partial charge in [-0.15, -0.1) is 0 Å². The van der Waals surface area contributed by atoms with Crippen LogP contribution >= 0.6 is 0 Å². The molecular formula is C11H22N2. The van der Waals surface area contributed by atoms with Gasteiger partial charge in [0.1, 0.15) is 0 Å². The van der Waals surface area contributed by atoms with Crippen molar-refractivity contribution in [2.45, 2.75) is 51.1 Å². The molecule has 0 atom stereocenters. The van der Waals surface area contributed by atoms with Gasteiger partial charge >= 0.3 is 0 Å². The maximum Gasteiger partial charge on any atom is 0.0125 e. The maximum absolute atomic E-state index is 5.80. The summed E-state index contributed by atoms with van der Waals surface area (Å²) in [4.78, 5) is 2.66. The third-order valence-electron chi connectivity index (χ3n) is 3.89. The van der Waals surface area contributed by atoms with E-state index in [0.29, 0.717) is 6.04 Å². The minimum atomic E-state index is 0.508. The van der Waals surface area contributed by atoms with Gasteiger partial charge in [-0.1, -0.05) is 13.3 Å². The number of hydrogen-bond donors (Lipinski definition) is 1. The number of hydrogen-bond acceptors (Lipinski definition) is 2. The predicted molar refractivity (Wildman–Crippen MR) is 55.6 cm³/mol. The molecule has 0 radical (unpaired) electrons.